The average molecular weight is 344 g/mol. The second-order valence-corrected chi connectivity index (χ2v) is 5.96. The Hall–Kier alpha value is -2.10. The van der Waals surface area contributed by atoms with Crippen LogP contribution in [0.2, 0.25) is 5.02 Å². The topological polar surface area (TPSA) is 49.3 Å². The second kappa shape index (κ2) is 9.91. The van der Waals surface area contributed by atoms with Gasteiger partial charge in [0.2, 0.25) is 5.91 Å². The number of aliphatic hydroxyl groups excluding tert-OH is 1. The molecule has 1 atom stereocenters. The summed E-state index contributed by atoms with van der Waals surface area (Å²) >= 11 is 6.05. The van der Waals surface area contributed by atoms with E-state index in [1.807, 2.05) is 36.4 Å². The number of halogens is 1. The van der Waals surface area contributed by atoms with Crippen LogP contribution in [0.4, 0.5) is 0 Å². The number of nitrogens with one attached hydrogen (secondary N) is 1. The molecule has 0 radical (unpaired) electrons. The third kappa shape index (κ3) is 5.84. The van der Waals surface area contributed by atoms with Crippen molar-refractivity contribution in [2.45, 2.75) is 18.8 Å². The first-order valence-electron chi connectivity index (χ1n) is 8.07. The van der Waals surface area contributed by atoms with Crippen LogP contribution in [0.5, 0.6) is 0 Å². The largest absolute Gasteiger partial charge is 0.396 e. The van der Waals surface area contributed by atoms with Crippen LogP contribution in [0.25, 0.3) is 6.08 Å². The summed E-state index contributed by atoms with van der Waals surface area (Å²) in [6.07, 6.45) is 4.68. The Kier molecular flexibility index (Phi) is 7.53. The van der Waals surface area contributed by atoms with Gasteiger partial charge in [-0.1, -0.05) is 60.1 Å². The number of hydrogen-bond acceptors (Lipinski definition) is 2. The predicted octanol–water partition coefficient (Wildman–Crippen LogP) is 4.03. The summed E-state index contributed by atoms with van der Waals surface area (Å²) in [5, 5.41) is 12.7. The van der Waals surface area contributed by atoms with Crippen molar-refractivity contribution >= 4 is 23.6 Å². The summed E-state index contributed by atoms with van der Waals surface area (Å²) in [6.45, 7) is 0.700. The van der Waals surface area contributed by atoms with Gasteiger partial charge in [0.05, 0.1) is 0 Å². The smallest absolute Gasteiger partial charge is 0.244 e. The molecule has 0 fully saturated rings. The third-order valence-electron chi connectivity index (χ3n) is 3.86. The molecule has 0 aliphatic carbocycles. The summed E-state index contributed by atoms with van der Waals surface area (Å²) < 4.78 is 0. The van der Waals surface area contributed by atoms with Crippen molar-refractivity contribution in [3.05, 3.63) is 76.8 Å². The maximum atomic E-state index is 11.9. The van der Waals surface area contributed by atoms with E-state index in [2.05, 4.69) is 17.4 Å². The highest BCUT2D eigenvalue weighted by Crippen LogP contribution is 2.22. The van der Waals surface area contributed by atoms with Gasteiger partial charge in [-0.05, 0) is 42.0 Å². The lowest BCUT2D eigenvalue weighted by molar-refractivity contribution is -0.116. The molecule has 1 amide bonds. The molecule has 24 heavy (non-hydrogen) atoms. The van der Waals surface area contributed by atoms with E-state index >= 15 is 0 Å². The molecule has 3 nitrogen and oxygen atoms in total. The molecule has 0 bridgehead atoms. The molecule has 0 spiro atoms. The van der Waals surface area contributed by atoms with Crippen LogP contribution in [0, 0.1) is 0 Å². The SMILES string of the molecule is O=C(/C=C/c1ccccc1Cl)NCCC(CCO)c1ccccc1. The van der Waals surface area contributed by atoms with E-state index in [0.717, 1.165) is 12.0 Å². The van der Waals surface area contributed by atoms with Crippen molar-refractivity contribution in [1.82, 2.24) is 5.32 Å². The molecule has 0 aromatic heterocycles. The van der Waals surface area contributed by atoms with Gasteiger partial charge in [0.25, 0.3) is 0 Å². The van der Waals surface area contributed by atoms with Crippen LogP contribution in [-0.4, -0.2) is 24.2 Å². The van der Waals surface area contributed by atoms with Crippen LogP contribution in [0.15, 0.2) is 60.7 Å². The molecule has 126 valence electrons. The Morgan fingerprint density at radius 3 is 2.50 bits per heavy atom. The number of aliphatic hydroxyl groups is 1. The van der Waals surface area contributed by atoms with E-state index in [1.165, 1.54) is 11.6 Å². The zero-order valence-electron chi connectivity index (χ0n) is 13.5. The van der Waals surface area contributed by atoms with Crippen molar-refractivity contribution in [2.75, 3.05) is 13.2 Å². The lowest BCUT2D eigenvalue weighted by atomic mass is 9.93. The Morgan fingerprint density at radius 1 is 1.08 bits per heavy atom. The average Bonchev–Trinajstić information content (AvgIpc) is 2.61. The Labute approximate surface area is 148 Å². The Morgan fingerprint density at radius 2 is 1.79 bits per heavy atom. The van der Waals surface area contributed by atoms with Crippen LogP contribution in [0.3, 0.4) is 0 Å². The predicted molar refractivity (Wildman–Crippen MR) is 99.0 cm³/mol. The van der Waals surface area contributed by atoms with Crippen LogP contribution < -0.4 is 5.32 Å². The highest BCUT2D eigenvalue weighted by atomic mass is 35.5. The standard InChI is InChI=1S/C20H22ClNO2/c21-19-9-5-4-8-18(19)10-11-20(24)22-14-12-17(13-15-23)16-6-2-1-3-7-16/h1-11,17,23H,12-15H2,(H,22,24)/b11-10+. The molecular formula is C20H22ClNO2. The van der Waals surface area contributed by atoms with Gasteiger partial charge in [-0.15, -0.1) is 0 Å². The van der Waals surface area contributed by atoms with Crippen LogP contribution >= 0.6 is 11.6 Å². The van der Waals surface area contributed by atoms with Crippen molar-refractivity contribution in [1.29, 1.82) is 0 Å². The fourth-order valence-corrected chi connectivity index (χ4v) is 2.76. The number of hydrogen-bond donors (Lipinski definition) is 2. The summed E-state index contributed by atoms with van der Waals surface area (Å²) in [5.41, 5.74) is 2.00. The van der Waals surface area contributed by atoms with E-state index in [4.69, 9.17) is 11.6 Å². The zero-order valence-corrected chi connectivity index (χ0v) is 14.2. The molecule has 1 unspecified atom stereocenters. The number of carbonyl (C=O) groups excluding carboxylic acids is 1. The van der Waals surface area contributed by atoms with Crippen molar-refractivity contribution < 1.29 is 9.90 Å². The number of benzene rings is 2. The molecule has 0 heterocycles. The van der Waals surface area contributed by atoms with Gasteiger partial charge in [-0.25, -0.2) is 0 Å². The minimum absolute atomic E-state index is 0.139. The fourth-order valence-electron chi connectivity index (χ4n) is 2.56. The highest BCUT2D eigenvalue weighted by molar-refractivity contribution is 6.32. The van der Waals surface area contributed by atoms with Gasteiger partial charge in [0.15, 0.2) is 0 Å². The molecule has 0 saturated carbocycles. The van der Waals surface area contributed by atoms with Crippen LogP contribution in [0.1, 0.15) is 29.9 Å². The maximum Gasteiger partial charge on any atom is 0.244 e. The quantitative estimate of drug-likeness (QED) is 0.711. The van der Waals surface area contributed by atoms with E-state index in [9.17, 15) is 9.90 Å². The maximum absolute atomic E-state index is 11.9. The fraction of sp³-hybridized carbons (Fsp3) is 0.250. The molecule has 2 aromatic rings. The van der Waals surface area contributed by atoms with Crippen molar-refractivity contribution in [3.63, 3.8) is 0 Å². The molecule has 0 aliphatic rings. The molecular weight excluding hydrogens is 322 g/mol. The second-order valence-electron chi connectivity index (χ2n) is 5.55. The first-order valence-corrected chi connectivity index (χ1v) is 8.44. The Bertz CT molecular complexity index is 670. The van der Waals surface area contributed by atoms with Crippen molar-refractivity contribution in [3.8, 4) is 0 Å². The lowest BCUT2D eigenvalue weighted by Crippen LogP contribution is -2.23. The monoisotopic (exact) mass is 343 g/mol. The van der Waals surface area contributed by atoms with E-state index in [-0.39, 0.29) is 18.4 Å². The van der Waals surface area contributed by atoms with E-state index in [0.29, 0.717) is 18.0 Å². The van der Waals surface area contributed by atoms with Gasteiger partial charge < -0.3 is 10.4 Å². The highest BCUT2D eigenvalue weighted by Gasteiger charge is 2.10. The molecule has 0 saturated heterocycles. The Balaban J connectivity index is 1.83. The summed E-state index contributed by atoms with van der Waals surface area (Å²) in [4.78, 5) is 11.9. The zero-order chi connectivity index (χ0) is 17.2. The minimum Gasteiger partial charge on any atom is -0.396 e. The lowest BCUT2D eigenvalue weighted by Gasteiger charge is -2.16. The summed E-state index contributed by atoms with van der Waals surface area (Å²) in [5.74, 6) is 0.0924. The minimum atomic E-state index is -0.147. The van der Waals surface area contributed by atoms with Gasteiger partial charge in [0.1, 0.15) is 0 Å². The summed E-state index contributed by atoms with van der Waals surface area (Å²) in [7, 11) is 0. The van der Waals surface area contributed by atoms with Gasteiger partial charge in [0, 0.05) is 24.3 Å². The van der Waals surface area contributed by atoms with E-state index in [1.54, 1.807) is 12.1 Å². The van der Waals surface area contributed by atoms with Gasteiger partial charge in [-0.3, -0.25) is 4.79 Å². The number of amides is 1. The van der Waals surface area contributed by atoms with Crippen molar-refractivity contribution in [2.24, 2.45) is 0 Å². The molecule has 2 N–H and O–H groups in total. The van der Waals surface area contributed by atoms with Gasteiger partial charge >= 0.3 is 0 Å². The third-order valence-corrected chi connectivity index (χ3v) is 4.20. The van der Waals surface area contributed by atoms with Gasteiger partial charge in [-0.2, -0.15) is 0 Å². The normalized spacial score (nSPS) is 12.2. The molecule has 0 aliphatic heterocycles. The molecule has 4 heteroatoms. The van der Waals surface area contributed by atoms with E-state index < -0.39 is 0 Å². The first-order chi connectivity index (χ1) is 11.7. The van der Waals surface area contributed by atoms with Crippen LogP contribution in [-0.2, 0) is 4.79 Å². The molecule has 2 aromatic carbocycles. The number of carbonyl (C=O) groups is 1. The first kappa shape index (κ1) is 18.2. The summed E-state index contributed by atoms with van der Waals surface area (Å²) in [6, 6.07) is 17.4. The number of rotatable bonds is 8. The molecule has 2 rings (SSSR count).